The third-order valence-corrected chi connectivity index (χ3v) is 7.34. The van der Waals surface area contributed by atoms with Gasteiger partial charge in [0.05, 0.1) is 58.2 Å². The van der Waals surface area contributed by atoms with Crippen molar-refractivity contribution in [3.8, 4) is 0 Å². The Kier molecular flexibility index (Phi) is 31.7. The SMILES string of the molecule is CC(C)(C)OC(=O)CCCCCCCCCCCCCCCCC(=O)NCCOCCOCCOCCOCCNC(=O)CBr. The Bertz CT molecular complexity index is 706. The van der Waals surface area contributed by atoms with Crippen LogP contribution in [-0.4, -0.2) is 94.7 Å². The van der Waals surface area contributed by atoms with Gasteiger partial charge in [-0.1, -0.05) is 93.0 Å². The monoisotopic (exact) mass is 708 g/mol. The predicted octanol–water partition coefficient (Wildman–Crippen LogP) is 6.26. The maximum Gasteiger partial charge on any atom is 0.306 e. The van der Waals surface area contributed by atoms with Gasteiger partial charge in [0.25, 0.3) is 0 Å². The standard InChI is InChI=1S/C34H65BrN2O8/c1-34(2,3)45-33(40)19-17-15-13-11-9-7-5-4-6-8-10-12-14-16-18-31(38)36-20-22-41-24-26-43-28-29-44-27-25-42-23-21-37-32(39)30-35/h4-30H2,1-3H3,(H,36,38)(H,37,39). The quantitative estimate of drug-likeness (QED) is 0.0466. The molecule has 266 valence electrons. The first-order valence-electron chi connectivity index (χ1n) is 17.4. The zero-order chi connectivity index (χ0) is 33.3. The Morgan fingerprint density at radius 1 is 0.489 bits per heavy atom. The van der Waals surface area contributed by atoms with Crippen LogP contribution in [-0.2, 0) is 38.1 Å². The van der Waals surface area contributed by atoms with Crippen molar-refractivity contribution in [3.05, 3.63) is 0 Å². The summed E-state index contributed by atoms with van der Waals surface area (Å²) in [6.45, 7) is 10.6. The van der Waals surface area contributed by atoms with E-state index in [0.717, 1.165) is 25.7 Å². The average Bonchev–Trinajstić information content (AvgIpc) is 2.99. The molecular weight excluding hydrogens is 644 g/mol. The van der Waals surface area contributed by atoms with Crippen molar-refractivity contribution in [2.24, 2.45) is 0 Å². The molecule has 0 radical (unpaired) electrons. The van der Waals surface area contributed by atoms with Gasteiger partial charge in [-0.2, -0.15) is 0 Å². The largest absolute Gasteiger partial charge is 0.460 e. The van der Waals surface area contributed by atoms with Gasteiger partial charge in [0.15, 0.2) is 0 Å². The molecule has 0 aliphatic rings. The Hall–Kier alpha value is -1.27. The van der Waals surface area contributed by atoms with E-state index < -0.39 is 0 Å². The minimum Gasteiger partial charge on any atom is -0.460 e. The molecule has 0 saturated carbocycles. The predicted molar refractivity (Wildman–Crippen MR) is 183 cm³/mol. The minimum absolute atomic E-state index is 0.0554. The van der Waals surface area contributed by atoms with Crippen LogP contribution in [0.15, 0.2) is 0 Å². The van der Waals surface area contributed by atoms with E-state index in [1.54, 1.807) is 0 Å². The second-order valence-corrected chi connectivity index (χ2v) is 12.9. The maximum atomic E-state index is 12.0. The number of alkyl halides is 1. The number of halogens is 1. The lowest BCUT2D eigenvalue weighted by molar-refractivity contribution is -0.155. The molecule has 0 fully saturated rings. The summed E-state index contributed by atoms with van der Waals surface area (Å²) in [5, 5.41) is 5.92. The van der Waals surface area contributed by atoms with E-state index in [0.29, 0.717) is 84.1 Å². The molecule has 2 N–H and O–H groups in total. The third-order valence-electron chi connectivity index (χ3n) is 6.83. The van der Waals surface area contributed by atoms with Crippen LogP contribution >= 0.6 is 15.9 Å². The van der Waals surface area contributed by atoms with Crippen molar-refractivity contribution in [2.45, 2.75) is 129 Å². The molecule has 0 aliphatic carbocycles. The fourth-order valence-electron chi connectivity index (χ4n) is 4.49. The van der Waals surface area contributed by atoms with Crippen molar-refractivity contribution in [2.75, 3.05) is 71.3 Å². The smallest absolute Gasteiger partial charge is 0.306 e. The topological polar surface area (TPSA) is 121 Å². The lowest BCUT2D eigenvalue weighted by atomic mass is 10.0. The van der Waals surface area contributed by atoms with Gasteiger partial charge in [-0.05, 0) is 33.6 Å². The molecule has 0 aromatic carbocycles. The summed E-state index contributed by atoms with van der Waals surface area (Å²) < 4.78 is 27.1. The van der Waals surface area contributed by atoms with Gasteiger partial charge in [-0.3, -0.25) is 14.4 Å². The van der Waals surface area contributed by atoms with Gasteiger partial charge in [0.1, 0.15) is 5.60 Å². The summed E-state index contributed by atoms with van der Waals surface area (Å²) in [6.07, 6.45) is 18.0. The molecule has 0 atom stereocenters. The van der Waals surface area contributed by atoms with Gasteiger partial charge >= 0.3 is 5.97 Å². The molecule has 0 heterocycles. The van der Waals surface area contributed by atoms with E-state index in [4.69, 9.17) is 23.7 Å². The lowest BCUT2D eigenvalue weighted by Crippen LogP contribution is -2.28. The van der Waals surface area contributed by atoms with E-state index in [9.17, 15) is 14.4 Å². The van der Waals surface area contributed by atoms with Crippen LogP contribution in [0.4, 0.5) is 0 Å². The number of hydrogen-bond acceptors (Lipinski definition) is 8. The van der Waals surface area contributed by atoms with Gasteiger partial charge in [-0.15, -0.1) is 0 Å². The molecule has 0 aromatic heterocycles. The minimum atomic E-state index is -0.377. The molecule has 2 amide bonds. The van der Waals surface area contributed by atoms with E-state index in [-0.39, 0.29) is 23.4 Å². The Labute approximate surface area is 282 Å². The molecule has 0 aliphatic heterocycles. The first-order valence-corrected chi connectivity index (χ1v) is 18.5. The number of carbonyl (C=O) groups excluding carboxylic acids is 3. The van der Waals surface area contributed by atoms with Crippen LogP contribution in [0.2, 0.25) is 0 Å². The highest BCUT2D eigenvalue weighted by atomic mass is 79.9. The van der Waals surface area contributed by atoms with Crippen LogP contribution in [0.1, 0.15) is 124 Å². The fraction of sp³-hybridized carbons (Fsp3) is 0.912. The number of amides is 2. The zero-order valence-corrected chi connectivity index (χ0v) is 30.3. The number of esters is 1. The number of rotatable bonds is 33. The van der Waals surface area contributed by atoms with Crippen molar-refractivity contribution >= 4 is 33.7 Å². The average molecular weight is 710 g/mol. The first kappa shape index (κ1) is 43.7. The summed E-state index contributed by atoms with van der Waals surface area (Å²) >= 11 is 3.08. The summed E-state index contributed by atoms with van der Waals surface area (Å²) in [7, 11) is 0. The zero-order valence-electron chi connectivity index (χ0n) is 28.7. The summed E-state index contributed by atoms with van der Waals surface area (Å²) in [4.78, 5) is 34.7. The summed E-state index contributed by atoms with van der Waals surface area (Å²) in [5.74, 6) is -0.0298. The number of unbranched alkanes of at least 4 members (excludes halogenated alkanes) is 13. The van der Waals surface area contributed by atoms with E-state index in [1.807, 2.05) is 20.8 Å². The Balaban J connectivity index is 3.22. The van der Waals surface area contributed by atoms with Crippen molar-refractivity contribution in [1.29, 1.82) is 0 Å². The second kappa shape index (κ2) is 32.7. The van der Waals surface area contributed by atoms with E-state index in [1.165, 1.54) is 64.2 Å². The fourth-order valence-corrected chi connectivity index (χ4v) is 4.69. The maximum absolute atomic E-state index is 12.0. The molecule has 0 rings (SSSR count). The van der Waals surface area contributed by atoms with Crippen LogP contribution in [0.3, 0.4) is 0 Å². The summed E-state index contributed by atoms with van der Waals surface area (Å²) in [6, 6.07) is 0. The normalized spacial score (nSPS) is 11.5. The second-order valence-electron chi connectivity index (χ2n) is 12.3. The number of carbonyl (C=O) groups is 3. The molecule has 11 heteroatoms. The van der Waals surface area contributed by atoms with Crippen molar-refractivity contribution in [3.63, 3.8) is 0 Å². The molecule has 0 spiro atoms. The van der Waals surface area contributed by atoms with Crippen LogP contribution in [0, 0.1) is 0 Å². The molecular formula is C34H65BrN2O8. The lowest BCUT2D eigenvalue weighted by Gasteiger charge is -2.19. The Morgan fingerprint density at radius 3 is 1.20 bits per heavy atom. The highest BCUT2D eigenvalue weighted by Gasteiger charge is 2.15. The summed E-state index contributed by atoms with van der Waals surface area (Å²) in [5.41, 5.74) is -0.377. The van der Waals surface area contributed by atoms with Gasteiger partial charge in [-0.25, -0.2) is 0 Å². The molecule has 10 nitrogen and oxygen atoms in total. The molecule has 0 aromatic rings. The molecule has 45 heavy (non-hydrogen) atoms. The van der Waals surface area contributed by atoms with Crippen molar-refractivity contribution in [1.82, 2.24) is 10.6 Å². The number of hydrogen-bond donors (Lipinski definition) is 2. The molecule has 0 unspecified atom stereocenters. The van der Waals surface area contributed by atoms with E-state index >= 15 is 0 Å². The van der Waals surface area contributed by atoms with Crippen LogP contribution in [0.25, 0.3) is 0 Å². The number of ether oxygens (including phenoxy) is 5. The van der Waals surface area contributed by atoms with Crippen LogP contribution < -0.4 is 10.6 Å². The van der Waals surface area contributed by atoms with Gasteiger partial charge < -0.3 is 34.3 Å². The van der Waals surface area contributed by atoms with Crippen LogP contribution in [0.5, 0.6) is 0 Å². The third kappa shape index (κ3) is 37.1. The first-order chi connectivity index (χ1) is 21.7. The van der Waals surface area contributed by atoms with Gasteiger partial charge in [0, 0.05) is 25.9 Å². The van der Waals surface area contributed by atoms with Crippen molar-refractivity contribution < 1.29 is 38.1 Å². The molecule has 0 bridgehead atoms. The number of nitrogens with one attached hydrogen (secondary N) is 2. The van der Waals surface area contributed by atoms with E-state index in [2.05, 4.69) is 26.6 Å². The Morgan fingerprint density at radius 2 is 0.822 bits per heavy atom. The highest BCUT2D eigenvalue weighted by Crippen LogP contribution is 2.15. The molecule has 0 saturated heterocycles. The highest BCUT2D eigenvalue weighted by molar-refractivity contribution is 9.09. The van der Waals surface area contributed by atoms with Gasteiger partial charge in [0.2, 0.25) is 11.8 Å².